The van der Waals surface area contributed by atoms with Crippen LogP contribution < -0.4 is 5.32 Å². The van der Waals surface area contributed by atoms with Crippen LogP contribution in [-0.4, -0.2) is 51.3 Å². The molecule has 0 saturated heterocycles. The van der Waals surface area contributed by atoms with Crippen molar-refractivity contribution in [2.75, 3.05) is 13.7 Å². The molecule has 0 bridgehead atoms. The number of aliphatic hydroxyl groups is 1. The third-order valence-corrected chi connectivity index (χ3v) is 3.00. The Kier molecular flexibility index (Phi) is 4.18. The van der Waals surface area contributed by atoms with Crippen molar-refractivity contribution >= 4 is 17.5 Å². The Labute approximate surface area is 120 Å². The van der Waals surface area contributed by atoms with Crippen molar-refractivity contribution in [3.8, 4) is 0 Å². The minimum absolute atomic E-state index is 0.226. The highest BCUT2D eigenvalue weighted by molar-refractivity contribution is 6.01. The van der Waals surface area contributed by atoms with E-state index in [1.807, 2.05) is 19.9 Å². The number of fused-ring (bicyclic) bond motifs is 1. The van der Waals surface area contributed by atoms with Gasteiger partial charge in [-0.15, -0.1) is 0 Å². The fourth-order valence-corrected chi connectivity index (χ4v) is 1.99. The third kappa shape index (κ3) is 2.84. The van der Waals surface area contributed by atoms with E-state index in [-0.39, 0.29) is 5.56 Å². The molecule has 1 atom stereocenters. The summed E-state index contributed by atoms with van der Waals surface area (Å²) in [5.74, 6) is -1.27. The lowest BCUT2D eigenvalue weighted by Crippen LogP contribution is -2.44. The summed E-state index contributed by atoms with van der Waals surface area (Å²) in [5.41, 5.74) is 2.21. The van der Waals surface area contributed by atoms with E-state index in [2.05, 4.69) is 20.1 Å². The Morgan fingerprint density at radius 1 is 1.48 bits per heavy atom. The summed E-state index contributed by atoms with van der Waals surface area (Å²) in [5, 5.41) is 15.6. The summed E-state index contributed by atoms with van der Waals surface area (Å²) in [4.78, 5) is 27.9. The predicted octanol–water partition coefficient (Wildman–Crippen LogP) is -0.390. The van der Waals surface area contributed by atoms with Crippen LogP contribution in [-0.2, 0) is 9.53 Å². The van der Waals surface area contributed by atoms with Crippen LogP contribution in [0.1, 0.15) is 21.7 Å². The fraction of sp³-hybridized carbons (Fsp3) is 0.385. The van der Waals surface area contributed by atoms with Crippen LogP contribution in [0.3, 0.4) is 0 Å². The summed E-state index contributed by atoms with van der Waals surface area (Å²) in [6.07, 6.45) is 1.37. The van der Waals surface area contributed by atoms with Gasteiger partial charge in [0, 0.05) is 11.4 Å². The maximum Gasteiger partial charge on any atom is 0.330 e. The topological polar surface area (TPSA) is 106 Å². The number of methoxy groups -OCH3 is 1. The van der Waals surface area contributed by atoms with Gasteiger partial charge in [0.2, 0.25) is 0 Å². The minimum atomic E-state index is -1.12. The zero-order valence-corrected chi connectivity index (χ0v) is 12.0. The Balaban J connectivity index is 2.34. The standard InChI is InChI=1S/C13H16N4O4/c1-7-4-8(2)17-11(15-7)9(5-14-17)12(19)16-10(6-18)13(20)21-3/h4-5,10,18H,6H2,1-3H3,(H,16,19). The number of carbonyl (C=O) groups excluding carboxylic acids is 2. The van der Waals surface area contributed by atoms with Gasteiger partial charge in [-0.2, -0.15) is 5.10 Å². The van der Waals surface area contributed by atoms with E-state index >= 15 is 0 Å². The van der Waals surface area contributed by atoms with Crippen LogP contribution in [0.2, 0.25) is 0 Å². The highest BCUT2D eigenvalue weighted by Gasteiger charge is 2.23. The van der Waals surface area contributed by atoms with Crippen molar-refractivity contribution in [1.29, 1.82) is 0 Å². The van der Waals surface area contributed by atoms with Crippen molar-refractivity contribution < 1.29 is 19.4 Å². The van der Waals surface area contributed by atoms with Gasteiger partial charge in [0.1, 0.15) is 5.56 Å². The molecule has 8 heteroatoms. The Hall–Kier alpha value is -2.48. The molecule has 0 aliphatic rings. The van der Waals surface area contributed by atoms with E-state index in [9.17, 15) is 9.59 Å². The van der Waals surface area contributed by atoms with E-state index in [0.717, 1.165) is 11.4 Å². The normalized spacial score (nSPS) is 12.2. The predicted molar refractivity (Wildman–Crippen MR) is 72.8 cm³/mol. The number of amides is 1. The zero-order chi connectivity index (χ0) is 15.6. The summed E-state index contributed by atoms with van der Waals surface area (Å²) in [6, 6.07) is 0.718. The van der Waals surface area contributed by atoms with Crippen LogP contribution in [0.5, 0.6) is 0 Å². The average Bonchev–Trinajstić information content (AvgIpc) is 2.87. The molecule has 0 fully saturated rings. The molecular weight excluding hydrogens is 276 g/mol. The molecule has 8 nitrogen and oxygen atoms in total. The highest BCUT2D eigenvalue weighted by atomic mass is 16.5. The van der Waals surface area contributed by atoms with Gasteiger partial charge in [-0.05, 0) is 19.9 Å². The molecular formula is C13H16N4O4. The van der Waals surface area contributed by atoms with E-state index < -0.39 is 24.5 Å². The number of hydrogen-bond donors (Lipinski definition) is 2. The van der Waals surface area contributed by atoms with E-state index in [4.69, 9.17) is 5.11 Å². The van der Waals surface area contributed by atoms with Gasteiger partial charge >= 0.3 is 5.97 Å². The van der Waals surface area contributed by atoms with Gasteiger partial charge < -0.3 is 15.2 Å². The lowest BCUT2D eigenvalue weighted by atomic mass is 10.2. The first kappa shape index (κ1) is 14.9. The molecule has 0 aromatic carbocycles. The van der Waals surface area contributed by atoms with Gasteiger partial charge in [0.05, 0.1) is 19.9 Å². The first-order valence-electron chi connectivity index (χ1n) is 6.29. The maximum atomic E-state index is 12.2. The third-order valence-electron chi connectivity index (χ3n) is 3.00. The molecule has 0 radical (unpaired) electrons. The Morgan fingerprint density at radius 3 is 2.81 bits per heavy atom. The van der Waals surface area contributed by atoms with Crippen molar-refractivity contribution in [2.24, 2.45) is 0 Å². The number of hydrogen-bond acceptors (Lipinski definition) is 6. The summed E-state index contributed by atoms with van der Waals surface area (Å²) in [6.45, 7) is 3.11. The highest BCUT2D eigenvalue weighted by Crippen LogP contribution is 2.12. The molecule has 0 spiro atoms. The molecule has 2 heterocycles. The van der Waals surface area contributed by atoms with E-state index in [1.54, 1.807) is 0 Å². The van der Waals surface area contributed by atoms with Gasteiger partial charge in [0.15, 0.2) is 11.7 Å². The number of rotatable bonds is 4. The molecule has 2 N–H and O–H groups in total. The molecule has 2 aromatic heterocycles. The maximum absolute atomic E-state index is 12.2. The molecule has 0 saturated carbocycles. The van der Waals surface area contributed by atoms with E-state index in [0.29, 0.717) is 5.65 Å². The average molecular weight is 292 g/mol. The molecule has 2 rings (SSSR count). The molecule has 0 aliphatic heterocycles. The van der Waals surface area contributed by atoms with Crippen LogP contribution >= 0.6 is 0 Å². The first-order valence-corrected chi connectivity index (χ1v) is 6.29. The molecule has 112 valence electrons. The van der Waals surface area contributed by atoms with E-state index in [1.165, 1.54) is 17.8 Å². The van der Waals surface area contributed by atoms with Crippen LogP contribution in [0.25, 0.3) is 5.65 Å². The quantitative estimate of drug-likeness (QED) is 0.743. The lowest BCUT2D eigenvalue weighted by molar-refractivity contribution is -0.143. The largest absolute Gasteiger partial charge is 0.467 e. The zero-order valence-electron chi connectivity index (χ0n) is 12.0. The van der Waals surface area contributed by atoms with Gasteiger partial charge in [-0.1, -0.05) is 0 Å². The van der Waals surface area contributed by atoms with Crippen LogP contribution in [0.15, 0.2) is 12.3 Å². The molecule has 0 aliphatic carbocycles. The minimum Gasteiger partial charge on any atom is -0.467 e. The number of aryl methyl sites for hydroxylation is 2. The number of nitrogens with one attached hydrogen (secondary N) is 1. The monoisotopic (exact) mass is 292 g/mol. The van der Waals surface area contributed by atoms with Gasteiger partial charge in [-0.3, -0.25) is 4.79 Å². The molecule has 21 heavy (non-hydrogen) atoms. The summed E-state index contributed by atoms with van der Waals surface area (Å²) in [7, 11) is 1.18. The summed E-state index contributed by atoms with van der Waals surface area (Å²) < 4.78 is 6.03. The second kappa shape index (κ2) is 5.88. The van der Waals surface area contributed by atoms with Crippen molar-refractivity contribution in [2.45, 2.75) is 19.9 Å². The number of aromatic nitrogens is 3. The SMILES string of the molecule is COC(=O)C(CO)NC(=O)c1cnn2c(C)cc(C)nc12. The number of carbonyl (C=O) groups is 2. The van der Waals surface area contributed by atoms with Crippen LogP contribution in [0.4, 0.5) is 0 Å². The van der Waals surface area contributed by atoms with Crippen molar-refractivity contribution in [3.63, 3.8) is 0 Å². The number of esters is 1. The lowest BCUT2D eigenvalue weighted by Gasteiger charge is -2.13. The van der Waals surface area contributed by atoms with Crippen LogP contribution in [0, 0.1) is 13.8 Å². The van der Waals surface area contributed by atoms with Gasteiger partial charge in [0.25, 0.3) is 5.91 Å². The first-order chi connectivity index (χ1) is 9.97. The van der Waals surface area contributed by atoms with Crippen molar-refractivity contribution in [1.82, 2.24) is 19.9 Å². The Bertz CT molecular complexity index is 695. The number of aliphatic hydroxyl groups excluding tert-OH is 1. The molecule has 2 aromatic rings. The Morgan fingerprint density at radius 2 is 2.19 bits per heavy atom. The second-order valence-corrected chi connectivity index (χ2v) is 4.56. The van der Waals surface area contributed by atoms with Crippen molar-refractivity contribution in [3.05, 3.63) is 29.2 Å². The number of ether oxygens (including phenoxy) is 1. The second-order valence-electron chi connectivity index (χ2n) is 4.56. The molecule has 1 amide bonds. The van der Waals surface area contributed by atoms with Gasteiger partial charge in [-0.25, -0.2) is 14.3 Å². The summed E-state index contributed by atoms with van der Waals surface area (Å²) >= 11 is 0. The number of nitrogens with zero attached hydrogens (tertiary/aromatic N) is 3. The smallest absolute Gasteiger partial charge is 0.330 e. The molecule has 1 unspecified atom stereocenters. The fourth-order valence-electron chi connectivity index (χ4n) is 1.99.